The van der Waals surface area contributed by atoms with Crippen LogP contribution in [-0.2, 0) is 11.3 Å². The molecule has 3 amide bonds. The Bertz CT molecular complexity index is 1060. The Balaban J connectivity index is 1.48. The number of nitrogens with zero attached hydrogens (tertiary/aromatic N) is 2. The highest BCUT2D eigenvalue weighted by Crippen LogP contribution is 2.12. The van der Waals surface area contributed by atoms with E-state index in [9.17, 15) is 14.4 Å². The molecule has 0 aliphatic rings. The van der Waals surface area contributed by atoms with E-state index in [0.29, 0.717) is 16.4 Å². The summed E-state index contributed by atoms with van der Waals surface area (Å²) in [7, 11) is 0. The molecule has 2 aromatic heterocycles. The fourth-order valence-corrected chi connectivity index (χ4v) is 2.65. The van der Waals surface area contributed by atoms with Crippen LogP contribution < -0.4 is 16.0 Å². The van der Waals surface area contributed by atoms with Gasteiger partial charge in [-0.15, -0.1) is 0 Å². The smallest absolute Gasteiger partial charge is 0.274 e. The number of pyridine rings is 2. The monoisotopic (exact) mass is 423 g/mol. The van der Waals surface area contributed by atoms with Gasteiger partial charge in [0.25, 0.3) is 11.8 Å². The van der Waals surface area contributed by atoms with Crippen molar-refractivity contribution in [1.29, 1.82) is 0 Å². The van der Waals surface area contributed by atoms with Crippen molar-refractivity contribution in [3.8, 4) is 0 Å². The van der Waals surface area contributed by atoms with Gasteiger partial charge in [-0.05, 0) is 42.0 Å². The lowest BCUT2D eigenvalue weighted by molar-refractivity contribution is -0.120. The standard InChI is InChI=1S/C21H18ClN5O3/c22-15-7-9-24-18(11-15)20(29)26-13-19(28)25-12-14-4-3-5-16(10-14)27-21(30)17-6-1-2-8-23-17/h1-11H,12-13H2,(H,25,28)(H,26,29)(H,27,30). The van der Waals surface area contributed by atoms with Crippen molar-refractivity contribution in [2.75, 3.05) is 11.9 Å². The van der Waals surface area contributed by atoms with Crippen molar-refractivity contribution in [3.05, 3.63) is 89.0 Å². The zero-order valence-electron chi connectivity index (χ0n) is 15.8. The number of rotatable bonds is 7. The molecule has 9 heteroatoms. The zero-order chi connectivity index (χ0) is 21.3. The Morgan fingerprint density at radius 3 is 2.43 bits per heavy atom. The lowest BCUT2D eigenvalue weighted by Crippen LogP contribution is -2.36. The van der Waals surface area contributed by atoms with E-state index in [1.807, 2.05) is 6.07 Å². The van der Waals surface area contributed by atoms with Crippen LogP contribution in [-0.4, -0.2) is 34.2 Å². The third-order valence-electron chi connectivity index (χ3n) is 3.94. The second-order valence-electron chi connectivity index (χ2n) is 6.19. The van der Waals surface area contributed by atoms with E-state index in [2.05, 4.69) is 25.9 Å². The Labute approximate surface area is 177 Å². The van der Waals surface area contributed by atoms with Gasteiger partial charge in [-0.3, -0.25) is 24.4 Å². The number of halogens is 1. The Morgan fingerprint density at radius 1 is 0.833 bits per heavy atom. The van der Waals surface area contributed by atoms with Crippen LogP contribution >= 0.6 is 11.6 Å². The molecule has 0 unspecified atom stereocenters. The molecule has 3 rings (SSSR count). The number of anilines is 1. The fraction of sp³-hybridized carbons (Fsp3) is 0.0952. The normalized spacial score (nSPS) is 10.2. The molecule has 152 valence electrons. The number of aromatic nitrogens is 2. The molecule has 1 aromatic carbocycles. The van der Waals surface area contributed by atoms with Crippen molar-refractivity contribution in [3.63, 3.8) is 0 Å². The molecule has 0 saturated carbocycles. The summed E-state index contributed by atoms with van der Waals surface area (Å²) in [5.41, 5.74) is 1.80. The van der Waals surface area contributed by atoms with Crippen LogP contribution in [0.3, 0.4) is 0 Å². The number of carbonyl (C=O) groups excluding carboxylic acids is 3. The zero-order valence-corrected chi connectivity index (χ0v) is 16.5. The third-order valence-corrected chi connectivity index (χ3v) is 4.17. The largest absolute Gasteiger partial charge is 0.350 e. The van der Waals surface area contributed by atoms with Gasteiger partial charge >= 0.3 is 0 Å². The van der Waals surface area contributed by atoms with Crippen LogP contribution in [0.25, 0.3) is 0 Å². The number of hydrogen-bond acceptors (Lipinski definition) is 5. The first-order valence-corrected chi connectivity index (χ1v) is 9.37. The summed E-state index contributed by atoms with van der Waals surface area (Å²) in [5, 5.41) is 8.33. The summed E-state index contributed by atoms with van der Waals surface area (Å²) in [6, 6.07) is 15.1. The molecule has 3 N–H and O–H groups in total. The first-order valence-electron chi connectivity index (χ1n) is 8.99. The van der Waals surface area contributed by atoms with E-state index >= 15 is 0 Å². The van der Waals surface area contributed by atoms with Gasteiger partial charge in [0.2, 0.25) is 5.91 Å². The number of nitrogens with one attached hydrogen (secondary N) is 3. The average molecular weight is 424 g/mol. The van der Waals surface area contributed by atoms with Gasteiger partial charge in [-0.1, -0.05) is 29.8 Å². The molecule has 2 heterocycles. The van der Waals surface area contributed by atoms with Crippen LogP contribution in [0.1, 0.15) is 26.5 Å². The lowest BCUT2D eigenvalue weighted by Gasteiger charge is -2.09. The second kappa shape index (κ2) is 10.1. The fourth-order valence-electron chi connectivity index (χ4n) is 2.49. The molecule has 0 bridgehead atoms. The molecular formula is C21H18ClN5O3. The Morgan fingerprint density at radius 2 is 1.67 bits per heavy atom. The van der Waals surface area contributed by atoms with Gasteiger partial charge in [-0.25, -0.2) is 0 Å². The predicted octanol–water partition coefficient (Wildman–Crippen LogP) is 2.43. The van der Waals surface area contributed by atoms with Gasteiger partial charge in [0.1, 0.15) is 11.4 Å². The summed E-state index contributed by atoms with van der Waals surface area (Å²) in [4.78, 5) is 44.1. The molecule has 0 radical (unpaired) electrons. The summed E-state index contributed by atoms with van der Waals surface area (Å²) >= 11 is 5.82. The van der Waals surface area contributed by atoms with E-state index in [1.54, 1.807) is 48.7 Å². The SMILES string of the molecule is O=C(CNC(=O)c1cc(Cl)ccn1)NCc1cccc(NC(=O)c2ccccn2)c1. The summed E-state index contributed by atoms with van der Waals surface area (Å²) in [6.45, 7) is 0.0283. The molecule has 0 fully saturated rings. The minimum Gasteiger partial charge on any atom is -0.350 e. The number of carbonyl (C=O) groups is 3. The highest BCUT2D eigenvalue weighted by molar-refractivity contribution is 6.30. The number of amides is 3. The lowest BCUT2D eigenvalue weighted by atomic mass is 10.2. The predicted molar refractivity (Wildman–Crippen MR) is 112 cm³/mol. The molecule has 30 heavy (non-hydrogen) atoms. The second-order valence-corrected chi connectivity index (χ2v) is 6.62. The average Bonchev–Trinajstić information content (AvgIpc) is 2.77. The molecular weight excluding hydrogens is 406 g/mol. The Kier molecular flexibility index (Phi) is 7.07. The summed E-state index contributed by atoms with van der Waals surface area (Å²) in [5.74, 6) is -1.19. The van der Waals surface area contributed by atoms with Gasteiger partial charge in [0.05, 0.1) is 6.54 Å². The van der Waals surface area contributed by atoms with Gasteiger partial charge in [0, 0.05) is 29.6 Å². The van der Waals surface area contributed by atoms with Gasteiger partial charge in [-0.2, -0.15) is 0 Å². The van der Waals surface area contributed by atoms with Crippen molar-refractivity contribution >= 4 is 35.0 Å². The summed E-state index contributed by atoms with van der Waals surface area (Å²) < 4.78 is 0. The number of hydrogen-bond donors (Lipinski definition) is 3. The van der Waals surface area contributed by atoms with Crippen LogP contribution in [0, 0.1) is 0 Å². The molecule has 3 aromatic rings. The molecule has 0 saturated heterocycles. The van der Waals surface area contributed by atoms with Crippen LogP contribution in [0.2, 0.25) is 5.02 Å². The molecule has 0 atom stereocenters. The molecule has 0 aliphatic carbocycles. The maximum Gasteiger partial charge on any atom is 0.274 e. The van der Waals surface area contributed by atoms with Gasteiger partial charge < -0.3 is 16.0 Å². The van der Waals surface area contributed by atoms with Crippen molar-refractivity contribution in [1.82, 2.24) is 20.6 Å². The van der Waals surface area contributed by atoms with Crippen molar-refractivity contribution in [2.45, 2.75) is 6.54 Å². The Hall–Kier alpha value is -3.78. The van der Waals surface area contributed by atoms with E-state index in [4.69, 9.17) is 11.6 Å². The van der Waals surface area contributed by atoms with Crippen molar-refractivity contribution < 1.29 is 14.4 Å². The first kappa shape index (κ1) is 20.9. The summed E-state index contributed by atoms with van der Waals surface area (Å²) in [6.07, 6.45) is 2.96. The van der Waals surface area contributed by atoms with E-state index in [-0.39, 0.29) is 30.6 Å². The topological polar surface area (TPSA) is 113 Å². The molecule has 8 nitrogen and oxygen atoms in total. The highest BCUT2D eigenvalue weighted by Gasteiger charge is 2.10. The maximum atomic E-state index is 12.2. The molecule has 0 aliphatic heterocycles. The van der Waals surface area contributed by atoms with E-state index < -0.39 is 5.91 Å². The first-order chi connectivity index (χ1) is 14.5. The highest BCUT2D eigenvalue weighted by atomic mass is 35.5. The van der Waals surface area contributed by atoms with E-state index in [0.717, 1.165) is 5.56 Å². The van der Waals surface area contributed by atoms with E-state index in [1.165, 1.54) is 12.3 Å². The number of benzene rings is 1. The minimum absolute atomic E-state index is 0.131. The van der Waals surface area contributed by atoms with Crippen LogP contribution in [0.5, 0.6) is 0 Å². The van der Waals surface area contributed by atoms with Gasteiger partial charge in [0.15, 0.2) is 0 Å². The van der Waals surface area contributed by atoms with Crippen LogP contribution in [0.15, 0.2) is 67.0 Å². The third kappa shape index (κ3) is 6.11. The minimum atomic E-state index is -0.494. The quantitative estimate of drug-likeness (QED) is 0.540. The van der Waals surface area contributed by atoms with Crippen LogP contribution in [0.4, 0.5) is 5.69 Å². The maximum absolute atomic E-state index is 12.2. The molecule has 0 spiro atoms. The van der Waals surface area contributed by atoms with Crippen molar-refractivity contribution in [2.24, 2.45) is 0 Å².